The zero-order chi connectivity index (χ0) is 21.3. The fourth-order valence-electron chi connectivity index (χ4n) is 3.30. The van der Waals surface area contributed by atoms with E-state index in [-0.39, 0.29) is 29.7 Å². The molecule has 2 atom stereocenters. The van der Waals surface area contributed by atoms with E-state index in [1.165, 1.54) is 6.42 Å². The molecule has 1 fully saturated rings. The van der Waals surface area contributed by atoms with Crippen LogP contribution in [0.3, 0.4) is 0 Å². The van der Waals surface area contributed by atoms with Crippen LogP contribution in [0.15, 0.2) is 54.5 Å². The number of halogens is 1. The van der Waals surface area contributed by atoms with Crippen molar-refractivity contribution in [1.82, 2.24) is 4.90 Å². The molecule has 1 aliphatic rings. The molecule has 2 aromatic carbocycles. The molecule has 0 bridgehead atoms. The predicted molar refractivity (Wildman–Crippen MR) is 101 cm³/mol. The standard InChI is InChI=1S/C21H26ClNO/c1-21(17-7-4-3-5-8-17,18-10-12-19(22)13-11-18)24-16-14-20-9-6-15-23(20)2/h3-5,7-8,10-13,20H,6,9,14-16H2,1-2H3/i3D,4D,5D,7D,8D. The minimum absolute atomic E-state index is 0.144. The Balaban J connectivity index is 2.03. The van der Waals surface area contributed by atoms with Gasteiger partial charge in [0.25, 0.3) is 0 Å². The molecule has 2 aromatic rings. The molecule has 1 saturated heterocycles. The van der Waals surface area contributed by atoms with Crippen LogP contribution >= 0.6 is 11.6 Å². The second-order valence-electron chi connectivity index (χ2n) is 6.45. The molecule has 1 heterocycles. The molecule has 0 radical (unpaired) electrons. The summed E-state index contributed by atoms with van der Waals surface area (Å²) in [6, 6.07) is 5.82. The number of rotatable bonds is 6. The van der Waals surface area contributed by atoms with Crippen LogP contribution in [0.4, 0.5) is 0 Å². The van der Waals surface area contributed by atoms with Gasteiger partial charge in [0.2, 0.25) is 0 Å². The average molecular weight is 349 g/mol. The molecule has 0 aromatic heterocycles. The molecule has 0 aliphatic carbocycles. The lowest BCUT2D eigenvalue weighted by atomic mass is 9.88. The van der Waals surface area contributed by atoms with Crippen molar-refractivity contribution < 1.29 is 11.6 Å². The van der Waals surface area contributed by atoms with Crippen molar-refractivity contribution in [2.45, 2.75) is 37.8 Å². The third-order valence-electron chi connectivity index (χ3n) is 4.89. The maximum atomic E-state index is 8.43. The summed E-state index contributed by atoms with van der Waals surface area (Å²) < 4.78 is 47.2. The van der Waals surface area contributed by atoms with Crippen LogP contribution in [0.1, 0.15) is 44.2 Å². The summed E-state index contributed by atoms with van der Waals surface area (Å²) in [7, 11) is 2.10. The van der Waals surface area contributed by atoms with E-state index >= 15 is 0 Å². The number of ether oxygens (including phenoxy) is 1. The summed E-state index contributed by atoms with van der Waals surface area (Å²) >= 11 is 6.04. The Morgan fingerprint density at radius 2 is 1.92 bits per heavy atom. The molecular weight excluding hydrogens is 318 g/mol. The van der Waals surface area contributed by atoms with E-state index in [0.29, 0.717) is 23.2 Å². The monoisotopic (exact) mass is 348 g/mol. The first-order valence-electron chi connectivity index (χ1n) is 10.8. The SMILES string of the molecule is [2H]c1c([2H])c([2H])c(C(C)(OCCC2CCCN2C)c2ccc(Cl)cc2)c([2H])c1[2H]. The molecule has 128 valence electrons. The van der Waals surface area contributed by atoms with Crippen molar-refractivity contribution in [1.29, 1.82) is 0 Å². The van der Waals surface area contributed by atoms with Crippen molar-refractivity contribution in [2.24, 2.45) is 0 Å². The molecule has 2 unspecified atom stereocenters. The van der Waals surface area contributed by atoms with Crippen LogP contribution in [-0.4, -0.2) is 31.1 Å². The van der Waals surface area contributed by atoms with E-state index in [2.05, 4.69) is 11.9 Å². The number of likely N-dealkylation sites (tertiary alicyclic amines) is 1. The zero-order valence-electron chi connectivity index (χ0n) is 19.2. The lowest BCUT2D eigenvalue weighted by Crippen LogP contribution is -2.31. The second kappa shape index (κ2) is 7.69. The van der Waals surface area contributed by atoms with Crippen molar-refractivity contribution >= 4 is 11.6 Å². The number of nitrogens with zero attached hydrogens (tertiary/aromatic N) is 1. The topological polar surface area (TPSA) is 12.5 Å². The Hall–Kier alpha value is -1.35. The zero-order valence-corrected chi connectivity index (χ0v) is 14.9. The number of hydrogen-bond donors (Lipinski definition) is 0. The first-order valence-corrected chi connectivity index (χ1v) is 8.72. The molecule has 1 aliphatic heterocycles. The predicted octanol–water partition coefficient (Wildman–Crippen LogP) is 5.10. The Bertz CT molecular complexity index is 863. The molecule has 0 amide bonds. The third kappa shape index (κ3) is 3.83. The maximum Gasteiger partial charge on any atom is 0.115 e. The van der Waals surface area contributed by atoms with E-state index in [1.54, 1.807) is 31.2 Å². The van der Waals surface area contributed by atoms with Gasteiger partial charge >= 0.3 is 0 Å². The maximum absolute atomic E-state index is 8.43. The summed E-state index contributed by atoms with van der Waals surface area (Å²) in [5, 5.41) is 0.560. The van der Waals surface area contributed by atoms with Gasteiger partial charge in [0, 0.05) is 17.7 Å². The summed E-state index contributed by atoms with van der Waals surface area (Å²) in [5.74, 6) is 0. The van der Waals surface area contributed by atoms with E-state index < -0.39 is 11.6 Å². The largest absolute Gasteiger partial charge is 0.366 e. The first-order chi connectivity index (χ1) is 13.7. The van der Waals surface area contributed by atoms with E-state index in [1.807, 2.05) is 0 Å². The van der Waals surface area contributed by atoms with Crippen molar-refractivity contribution in [2.75, 3.05) is 20.2 Å². The van der Waals surface area contributed by atoms with Gasteiger partial charge in [-0.25, -0.2) is 0 Å². The lowest BCUT2D eigenvalue weighted by molar-refractivity contribution is -0.0117. The Morgan fingerprint density at radius 1 is 1.21 bits per heavy atom. The Labute approximate surface area is 157 Å². The van der Waals surface area contributed by atoms with Gasteiger partial charge in [-0.2, -0.15) is 0 Å². The highest BCUT2D eigenvalue weighted by Gasteiger charge is 2.30. The van der Waals surface area contributed by atoms with Gasteiger partial charge in [0.15, 0.2) is 0 Å². The van der Waals surface area contributed by atoms with Crippen LogP contribution in [0, 0.1) is 0 Å². The molecule has 0 N–H and O–H groups in total. The van der Waals surface area contributed by atoms with Crippen molar-refractivity contribution in [3.8, 4) is 0 Å². The highest BCUT2D eigenvalue weighted by Crippen LogP contribution is 2.34. The van der Waals surface area contributed by atoms with Crippen LogP contribution in [0.2, 0.25) is 5.02 Å². The molecular formula is C21H26ClNO. The Morgan fingerprint density at radius 3 is 2.54 bits per heavy atom. The summed E-state index contributed by atoms with van der Waals surface area (Å²) in [5.41, 5.74) is -0.360. The molecule has 24 heavy (non-hydrogen) atoms. The number of hydrogen-bond acceptors (Lipinski definition) is 2. The quantitative estimate of drug-likeness (QED) is 0.719. The fraction of sp³-hybridized carbons (Fsp3) is 0.429. The van der Waals surface area contributed by atoms with Gasteiger partial charge < -0.3 is 9.64 Å². The first kappa shape index (κ1) is 12.1. The van der Waals surface area contributed by atoms with Gasteiger partial charge in [0.05, 0.1) is 6.85 Å². The van der Waals surface area contributed by atoms with Crippen molar-refractivity contribution in [3.63, 3.8) is 0 Å². The molecule has 0 spiro atoms. The molecule has 0 saturated carbocycles. The van der Waals surface area contributed by atoms with Crippen LogP contribution in [-0.2, 0) is 10.3 Å². The van der Waals surface area contributed by atoms with Gasteiger partial charge in [-0.3, -0.25) is 0 Å². The normalized spacial score (nSPS) is 23.8. The van der Waals surface area contributed by atoms with Crippen molar-refractivity contribution in [3.05, 3.63) is 70.6 Å². The minimum Gasteiger partial charge on any atom is -0.366 e. The molecule has 2 nitrogen and oxygen atoms in total. The number of benzene rings is 2. The average Bonchev–Trinajstić information content (AvgIpc) is 3.10. The van der Waals surface area contributed by atoms with Gasteiger partial charge in [-0.1, -0.05) is 53.9 Å². The fourth-order valence-corrected chi connectivity index (χ4v) is 3.43. The van der Waals surface area contributed by atoms with E-state index in [9.17, 15) is 0 Å². The summed E-state index contributed by atoms with van der Waals surface area (Å²) in [6.07, 6.45) is 3.10. The smallest absolute Gasteiger partial charge is 0.115 e. The molecule has 3 rings (SSSR count). The van der Waals surface area contributed by atoms with Gasteiger partial charge in [-0.05, 0) is 63.0 Å². The van der Waals surface area contributed by atoms with E-state index in [4.69, 9.17) is 23.2 Å². The third-order valence-corrected chi connectivity index (χ3v) is 5.14. The summed E-state index contributed by atoms with van der Waals surface area (Å²) in [4.78, 5) is 2.31. The molecule has 3 heteroatoms. The van der Waals surface area contributed by atoms with Crippen LogP contribution < -0.4 is 0 Å². The highest BCUT2D eigenvalue weighted by atomic mass is 35.5. The minimum atomic E-state index is -1.20. The van der Waals surface area contributed by atoms with Crippen LogP contribution in [0.25, 0.3) is 0 Å². The lowest BCUT2D eigenvalue weighted by Gasteiger charge is -2.32. The van der Waals surface area contributed by atoms with Gasteiger partial charge in [0.1, 0.15) is 5.60 Å². The van der Waals surface area contributed by atoms with Gasteiger partial charge in [-0.15, -0.1) is 0 Å². The Kier molecular flexibility index (Phi) is 3.87. The second-order valence-corrected chi connectivity index (χ2v) is 6.89. The summed E-state index contributed by atoms with van der Waals surface area (Å²) in [6.45, 7) is 3.25. The van der Waals surface area contributed by atoms with E-state index in [0.717, 1.165) is 19.4 Å². The highest BCUT2D eigenvalue weighted by molar-refractivity contribution is 6.30. The van der Waals surface area contributed by atoms with Crippen LogP contribution in [0.5, 0.6) is 0 Å².